The molecule has 1 N–H and O–H groups in total. The summed E-state index contributed by atoms with van der Waals surface area (Å²) in [7, 11) is 0. The number of aryl methyl sites for hydroxylation is 1. The number of hydrogen-bond acceptors (Lipinski definition) is 6. The van der Waals surface area contributed by atoms with Crippen molar-refractivity contribution in [2.24, 2.45) is 0 Å². The number of aromatic nitrogens is 3. The van der Waals surface area contributed by atoms with Crippen molar-refractivity contribution in [2.75, 3.05) is 11.9 Å². The Kier molecular flexibility index (Phi) is 4.22. The van der Waals surface area contributed by atoms with Crippen molar-refractivity contribution < 1.29 is 4.79 Å². The molecule has 0 spiro atoms. The van der Waals surface area contributed by atoms with Gasteiger partial charge in [0.15, 0.2) is 6.29 Å². The topological polar surface area (TPSA) is 67.8 Å². The third-order valence-corrected chi connectivity index (χ3v) is 3.42. The van der Waals surface area contributed by atoms with Gasteiger partial charge in [0.1, 0.15) is 17.3 Å². The first-order valence-electron chi connectivity index (χ1n) is 5.31. The van der Waals surface area contributed by atoms with Crippen LogP contribution in [0.5, 0.6) is 0 Å². The number of thiazole rings is 1. The van der Waals surface area contributed by atoms with E-state index in [9.17, 15) is 4.79 Å². The van der Waals surface area contributed by atoms with Crippen molar-refractivity contribution in [3.63, 3.8) is 0 Å². The van der Waals surface area contributed by atoms with E-state index in [1.54, 1.807) is 11.3 Å². The molecule has 0 saturated carbocycles. The van der Waals surface area contributed by atoms with Crippen LogP contribution in [0.4, 0.5) is 5.82 Å². The normalized spacial score (nSPS) is 10.3. The average Bonchev–Trinajstić information content (AvgIpc) is 2.75. The highest BCUT2D eigenvalue weighted by Crippen LogP contribution is 2.17. The fraction of sp³-hybridized carbons (Fsp3) is 0.273. The Labute approximate surface area is 113 Å². The second-order valence-corrected chi connectivity index (χ2v) is 5.00. The van der Waals surface area contributed by atoms with Crippen LogP contribution in [0.25, 0.3) is 0 Å². The molecule has 2 aromatic heterocycles. The maximum atomic E-state index is 10.9. The van der Waals surface area contributed by atoms with Gasteiger partial charge < -0.3 is 5.32 Å². The quantitative estimate of drug-likeness (QED) is 0.673. The van der Waals surface area contributed by atoms with Crippen LogP contribution in [-0.4, -0.2) is 27.8 Å². The van der Waals surface area contributed by atoms with E-state index in [2.05, 4.69) is 20.3 Å². The van der Waals surface area contributed by atoms with Crippen LogP contribution in [0, 0.1) is 6.92 Å². The molecule has 18 heavy (non-hydrogen) atoms. The van der Waals surface area contributed by atoms with Crippen molar-refractivity contribution >= 4 is 35.0 Å². The van der Waals surface area contributed by atoms with Crippen LogP contribution in [0.3, 0.4) is 0 Å². The molecular formula is C11H11ClN4OS. The van der Waals surface area contributed by atoms with Gasteiger partial charge in [-0.15, -0.1) is 11.3 Å². The molecule has 2 heterocycles. The van der Waals surface area contributed by atoms with E-state index in [4.69, 9.17) is 11.6 Å². The average molecular weight is 283 g/mol. The van der Waals surface area contributed by atoms with Gasteiger partial charge >= 0.3 is 0 Å². The summed E-state index contributed by atoms with van der Waals surface area (Å²) in [5.41, 5.74) is 1.31. The van der Waals surface area contributed by atoms with Gasteiger partial charge in [-0.25, -0.2) is 15.0 Å². The van der Waals surface area contributed by atoms with E-state index in [1.165, 1.54) is 6.33 Å². The first-order valence-corrected chi connectivity index (χ1v) is 6.57. The van der Waals surface area contributed by atoms with Gasteiger partial charge in [-0.3, -0.25) is 4.79 Å². The maximum Gasteiger partial charge on any atom is 0.156 e. The Hall–Kier alpha value is -1.53. The predicted molar refractivity (Wildman–Crippen MR) is 71.5 cm³/mol. The van der Waals surface area contributed by atoms with E-state index in [0.717, 1.165) is 17.1 Å². The summed E-state index contributed by atoms with van der Waals surface area (Å²) in [5, 5.41) is 6.28. The van der Waals surface area contributed by atoms with Crippen LogP contribution in [0.2, 0.25) is 5.15 Å². The van der Waals surface area contributed by atoms with E-state index >= 15 is 0 Å². The van der Waals surface area contributed by atoms with Crippen LogP contribution < -0.4 is 5.32 Å². The van der Waals surface area contributed by atoms with E-state index in [1.807, 2.05) is 12.3 Å². The summed E-state index contributed by atoms with van der Waals surface area (Å²) in [6.07, 6.45) is 2.74. The number of halogens is 1. The molecule has 0 saturated heterocycles. The zero-order chi connectivity index (χ0) is 13.0. The molecular weight excluding hydrogens is 272 g/mol. The predicted octanol–water partition coefficient (Wildman–Crippen LogP) is 2.36. The molecule has 0 aliphatic heterocycles. The molecule has 7 heteroatoms. The van der Waals surface area contributed by atoms with Crippen LogP contribution in [0.1, 0.15) is 21.1 Å². The number of rotatable bonds is 5. The number of aldehydes is 1. The molecule has 0 fully saturated rings. The minimum atomic E-state index is 0.159. The van der Waals surface area contributed by atoms with Crippen molar-refractivity contribution in [1.82, 2.24) is 15.0 Å². The third-order valence-electron chi connectivity index (χ3n) is 2.29. The molecule has 94 valence electrons. The zero-order valence-corrected chi connectivity index (χ0v) is 11.3. The second kappa shape index (κ2) is 5.88. The van der Waals surface area contributed by atoms with Gasteiger partial charge in [0.25, 0.3) is 0 Å². The monoisotopic (exact) mass is 282 g/mol. The molecule has 2 aromatic rings. The van der Waals surface area contributed by atoms with Gasteiger partial charge in [-0.2, -0.15) is 0 Å². The lowest BCUT2D eigenvalue weighted by Crippen LogP contribution is -2.09. The number of carbonyl (C=O) groups is 1. The Morgan fingerprint density at radius 3 is 3.00 bits per heavy atom. The van der Waals surface area contributed by atoms with Gasteiger partial charge in [0.05, 0.1) is 16.3 Å². The highest BCUT2D eigenvalue weighted by Gasteiger charge is 2.08. The lowest BCUT2D eigenvalue weighted by atomic mass is 10.3. The Morgan fingerprint density at radius 2 is 2.33 bits per heavy atom. The first-order chi connectivity index (χ1) is 8.70. The minimum absolute atomic E-state index is 0.159. The SMILES string of the molecule is Cc1nc(CCNc2ncnc(Cl)c2C=O)cs1. The molecule has 0 bridgehead atoms. The van der Waals surface area contributed by atoms with E-state index in [-0.39, 0.29) is 10.7 Å². The standard InChI is InChI=1S/C11H11ClN4OS/c1-7-16-8(5-18-7)2-3-13-11-9(4-17)10(12)14-6-15-11/h4-6H,2-3H2,1H3,(H,13,14,15). The molecule has 0 unspecified atom stereocenters. The van der Waals surface area contributed by atoms with Gasteiger partial charge in [0.2, 0.25) is 0 Å². The molecule has 0 aromatic carbocycles. The van der Waals surface area contributed by atoms with Crippen molar-refractivity contribution in [1.29, 1.82) is 0 Å². The number of nitrogens with zero attached hydrogens (tertiary/aromatic N) is 3. The molecule has 0 radical (unpaired) electrons. The lowest BCUT2D eigenvalue weighted by molar-refractivity contribution is 0.112. The molecule has 0 amide bonds. The van der Waals surface area contributed by atoms with E-state index < -0.39 is 0 Å². The number of anilines is 1. The fourth-order valence-electron chi connectivity index (χ4n) is 1.45. The minimum Gasteiger partial charge on any atom is -0.369 e. The van der Waals surface area contributed by atoms with Crippen LogP contribution in [0.15, 0.2) is 11.7 Å². The summed E-state index contributed by atoms with van der Waals surface area (Å²) < 4.78 is 0. The Morgan fingerprint density at radius 1 is 1.50 bits per heavy atom. The molecule has 0 aliphatic carbocycles. The van der Waals surface area contributed by atoms with E-state index in [0.29, 0.717) is 18.6 Å². The lowest BCUT2D eigenvalue weighted by Gasteiger charge is -2.06. The Bertz CT molecular complexity index is 558. The highest BCUT2D eigenvalue weighted by atomic mass is 35.5. The highest BCUT2D eigenvalue weighted by molar-refractivity contribution is 7.09. The smallest absolute Gasteiger partial charge is 0.156 e. The number of hydrogen-bond donors (Lipinski definition) is 1. The van der Waals surface area contributed by atoms with Crippen molar-refractivity contribution in [2.45, 2.75) is 13.3 Å². The van der Waals surface area contributed by atoms with Gasteiger partial charge in [0, 0.05) is 18.3 Å². The van der Waals surface area contributed by atoms with Crippen LogP contribution in [-0.2, 0) is 6.42 Å². The molecule has 5 nitrogen and oxygen atoms in total. The maximum absolute atomic E-state index is 10.9. The van der Waals surface area contributed by atoms with Crippen molar-refractivity contribution in [3.05, 3.63) is 33.1 Å². The van der Waals surface area contributed by atoms with Crippen molar-refractivity contribution in [3.8, 4) is 0 Å². The fourth-order valence-corrected chi connectivity index (χ4v) is 2.28. The first kappa shape index (κ1) is 12.9. The Balaban J connectivity index is 1.98. The van der Waals surface area contributed by atoms with Crippen LogP contribution >= 0.6 is 22.9 Å². The summed E-state index contributed by atoms with van der Waals surface area (Å²) in [4.78, 5) is 23.0. The van der Waals surface area contributed by atoms with Gasteiger partial charge in [-0.05, 0) is 6.92 Å². The number of carbonyl (C=O) groups excluding carboxylic acids is 1. The van der Waals surface area contributed by atoms with Gasteiger partial charge in [-0.1, -0.05) is 11.6 Å². The third kappa shape index (κ3) is 3.02. The summed E-state index contributed by atoms with van der Waals surface area (Å²) >= 11 is 7.41. The summed E-state index contributed by atoms with van der Waals surface area (Å²) in [5.74, 6) is 0.456. The largest absolute Gasteiger partial charge is 0.369 e. The zero-order valence-electron chi connectivity index (χ0n) is 9.68. The number of nitrogens with one attached hydrogen (secondary N) is 1. The second-order valence-electron chi connectivity index (χ2n) is 3.58. The molecule has 0 atom stereocenters. The summed E-state index contributed by atoms with van der Waals surface area (Å²) in [6, 6.07) is 0. The molecule has 0 aliphatic rings. The summed E-state index contributed by atoms with van der Waals surface area (Å²) in [6.45, 7) is 2.60. The molecule has 2 rings (SSSR count).